The zero-order valence-electron chi connectivity index (χ0n) is 5.74. The zero-order valence-corrected chi connectivity index (χ0v) is 6.56. The van der Waals surface area contributed by atoms with Crippen LogP contribution in [0.15, 0.2) is 23.1 Å². The van der Waals surface area contributed by atoms with Gasteiger partial charge in [0.25, 0.3) is 0 Å². The van der Waals surface area contributed by atoms with Crippen molar-refractivity contribution in [2.24, 2.45) is 0 Å². The molecule has 0 unspecified atom stereocenters. The molecule has 0 fully saturated rings. The first kappa shape index (κ1) is 7.12. The van der Waals surface area contributed by atoms with Gasteiger partial charge in [-0.2, -0.15) is 0 Å². The Labute approximate surface area is 66.5 Å². The third-order valence-electron chi connectivity index (χ3n) is 1.68. The molecule has 1 radical (unpaired) electrons. The molecule has 1 aliphatic heterocycles. The van der Waals surface area contributed by atoms with E-state index in [0.717, 1.165) is 5.56 Å². The van der Waals surface area contributed by atoms with E-state index < -0.39 is 10.8 Å². The summed E-state index contributed by atoms with van der Waals surface area (Å²) in [6.45, 7) is 0.534. The second-order valence-electron chi connectivity index (χ2n) is 2.40. The number of benzene rings is 1. The quantitative estimate of drug-likeness (QED) is 0.554. The SMILES string of the molecule is OS1(O)NCc2cc[c]cc21. The maximum Gasteiger partial charge on any atom is 0.0802 e. The molecule has 11 heavy (non-hydrogen) atoms. The predicted octanol–water partition coefficient (Wildman–Crippen LogP) is 1.61. The molecule has 0 amide bonds. The van der Waals surface area contributed by atoms with Crippen molar-refractivity contribution < 1.29 is 9.11 Å². The monoisotopic (exact) mass is 170 g/mol. The van der Waals surface area contributed by atoms with Crippen molar-refractivity contribution in [1.82, 2.24) is 4.72 Å². The summed E-state index contributed by atoms with van der Waals surface area (Å²) in [5.74, 6) is 0. The van der Waals surface area contributed by atoms with Crippen molar-refractivity contribution in [2.45, 2.75) is 11.4 Å². The summed E-state index contributed by atoms with van der Waals surface area (Å²) in [5.41, 5.74) is 0.948. The molecule has 2 rings (SSSR count). The van der Waals surface area contributed by atoms with Crippen LogP contribution < -0.4 is 4.72 Å². The molecule has 0 saturated heterocycles. The lowest BCUT2D eigenvalue weighted by atomic mass is 10.2. The summed E-state index contributed by atoms with van der Waals surface area (Å²) in [7, 11) is -2.69. The third-order valence-corrected chi connectivity index (χ3v) is 3.22. The van der Waals surface area contributed by atoms with E-state index >= 15 is 0 Å². The molecular weight excluding hydrogens is 162 g/mol. The minimum atomic E-state index is -2.69. The van der Waals surface area contributed by atoms with Crippen LogP contribution in [-0.2, 0) is 6.54 Å². The van der Waals surface area contributed by atoms with Crippen molar-refractivity contribution in [3.63, 3.8) is 0 Å². The van der Waals surface area contributed by atoms with E-state index in [9.17, 15) is 9.11 Å². The molecule has 0 bridgehead atoms. The fourth-order valence-electron chi connectivity index (χ4n) is 1.11. The minimum Gasteiger partial charge on any atom is -0.281 e. The van der Waals surface area contributed by atoms with E-state index in [-0.39, 0.29) is 0 Å². The Morgan fingerprint density at radius 2 is 2.36 bits per heavy atom. The van der Waals surface area contributed by atoms with Crippen LogP contribution in [0.1, 0.15) is 5.56 Å². The molecule has 4 heteroatoms. The largest absolute Gasteiger partial charge is 0.281 e. The van der Waals surface area contributed by atoms with E-state index in [4.69, 9.17) is 0 Å². The van der Waals surface area contributed by atoms with Gasteiger partial charge in [0.1, 0.15) is 0 Å². The summed E-state index contributed by atoms with van der Waals surface area (Å²) >= 11 is 0. The van der Waals surface area contributed by atoms with Gasteiger partial charge >= 0.3 is 0 Å². The van der Waals surface area contributed by atoms with Crippen LogP contribution in [0.25, 0.3) is 0 Å². The van der Waals surface area contributed by atoms with Gasteiger partial charge in [0.05, 0.1) is 4.90 Å². The lowest BCUT2D eigenvalue weighted by Crippen LogP contribution is -2.10. The van der Waals surface area contributed by atoms with Crippen molar-refractivity contribution in [3.05, 3.63) is 29.8 Å². The second kappa shape index (κ2) is 2.22. The van der Waals surface area contributed by atoms with Crippen molar-refractivity contribution >= 4 is 10.8 Å². The van der Waals surface area contributed by atoms with Gasteiger partial charge in [-0.15, -0.1) is 10.8 Å². The number of hydrogen-bond acceptors (Lipinski definition) is 3. The Balaban J connectivity index is 2.56. The molecule has 0 aliphatic carbocycles. The molecule has 59 valence electrons. The van der Waals surface area contributed by atoms with Crippen molar-refractivity contribution in [1.29, 1.82) is 0 Å². The number of fused-ring (bicyclic) bond motifs is 1. The lowest BCUT2D eigenvalue weighted by molar-refractivity contribution is 0.478. The highest BCUT2D eigenvalue weighted by molar-refractivity contribution is 8.22. The average Bonchev–Trinajstić information content (AvgIpc) is 2.29. The van der Waals surface area contributed by atoms with Crippen molar-refractivity contribution in [2.75, 3.05) is 0 Å². The summed E-state index contributed by atoms with van der Waals surface area (Å²) in [6, 6.07) is 8.03. The Kier molecular flexibility index (Phi) is 1.43. The Hall–Kier alpha value is -0.550. The molecular formula is C7H8NO2S. The van der Waals surface area contributed by atoms with Gasteiger partial charge < -0.3 is 0 Å². The molecule has 0 spiro atoms. The van der Waals surface area contributed by atoms with E-state index in [2.05, 4.69) is 10.8 Å². The molecule has 1 aliphatic rings. The fourth-order valence-corrected chi connectivity index (χ4v) is 2.36. The normalized spacial score (nSPS) is 22.7. The molecule has 0 saturated carbocycles. The summed E-state index contributed by atoms with van der Waals surface area (Å²) < 4.78 is 21.3. The van der Waals surface area contributed by atoms with Gasteiger partial charge in [0.2, 0.25) is 0 Å². The van der Waals surface area contributed by atoms with Crippen LogP contribution in [0, 0.1) is 6.07 Å². The number of rotatable bonds is 0. The molecule has 3 nitrogen and oxygen atoms in total. The average molecular weight is 170 g/mol. The topological polar surface area (TPSA) is 52.5 Å². The molecule has 1 heterocycles. The van der Waals surface area contributed by atoms with Crippen LogP contribution in [-0.4, -0.2) is 9.11 Å². The number of hydrogen-bond donors (Lipinski definition) is 3. The third kappa shape index (κ3) is 1.04. The lowest BCUT2D eigenvalue weighted by Gasteiger charge is -2.26. The van der Waals surface area contributed by atoms with Gasteiger partial charge in [-0.1, -0.05) is 12.1 Å². The Morgan fingerprint density at radius 3 is 3.09 bits per heavy atom. The molecule has 1 aromatic rings. The van der Waals surface area contributed by atoms with E-state index in [1.54, 1.807) is 12.1 Å². The maximum absolute atomic E-state index is 9.35. The summed E-state index contributed by atoms with van der Waals surface area (Å²) in [5, 5.41) is 0. The smallest absolute Gasteiger partial charge is 0.0802 e. The van der Waals surface area contributed by atoms with Crippen LogP contribution >= 0.6 is 10.8 Å². The highest BCUT2D eigenvalue weighted by Gasteiger charge is 2.24. The zero-order chi connectivity index (χ0) is 7.90. The van der Waals surface area contributed by atoms with Crippen molar-refractivity contribution in [3.8, 4) is 0 Å². The van der Waals surface area contributed by atoms with Crippen LogP contribution in [0.4, 0.5) is 0 Å². The minimum absolute atomic E-state index is 0.534. The molecule has 0 aromatic heterocycles. The molecule has 1 aromatic carbocycles. The van der Waals surface area contributed by atoms with Gasteiger partial charge in [0.15, 0.2) is 0 Å². The van der Waals surface area contributed by atoms with E-state index in [1.165, 1.54) is 0 Å². The van der Waals surface area contributed by atoms with Gasteiger partial charge in [-0.25, -0.2) is 4.72 Å². The highest BCUT2D eigenvalue weighted by Crippen LogP contribution is 2.50. The van der Waals surface area contributed by atoms with E-state index in [0.29, 0.717) is 11.4 Å². The maximum atomic E-state index is 9.35. The molecule has 0 atom stereocenters. The Morgan fingerprint density at radius 1 is 1.55 bits per heavy atom. The first-order valence-corrected chi connectivity index (χ1v) is 4.77. The van der Waals surface area contributed by atoms with E-state index in [1.807, 2.05) is 6.07 Å². The van der Waals surface area contributed by atoms with Gasteiger partial charge in [-0.3, -0.25) is 9.11 Å². The predicted molar refractivity (Wildman–Crippen MR) is 43.2 cm³/mol. The number of nitrogens with one attached hydrogen (secondary N) is 1. The molecule has 3 N–H and O–H groups in total. The highest BCUT2D eigenvalue weighted by atomic mass is 32.3. The fraction of sp³-hybridized carbons (Fsp3) is 0.143. The Bertz CT molecular complexity index is 288. The van der Waals surface area contributed by atoms with Crippen LogP contribution in [0.5, 0.6) is 0 Å². The second-order valence-corrected chi connectivity index (χ2v) is 4.23. The summed E-state index contributed by atoms with van der Waals surface area (Å²) in [4.78, 5) is 0.583. The first-order valence-electron chi connectivity index (χ1n) is 3.22. The van der Waals surface area contributed by atoms with Gasteiger partial charge in [0, 0.05) is 6.54 Å². The van der Waals surface area contributed by atoms with Crippen LogP contribution in [0.2, 0.25) is 0 Å². The van der Waals surface area contributed by atoms with Crippen LogP contribution in [0.3, 0.4) is 0 Å². The first-order chi connectivity index (χ1) is 5.20. The van der Waals surface area contributed by atoms with Gasteiger partial charge in [-0.05, 0) is 17.7 Å². The summed E-state index contributed by atoms with van der Waals surface area (Å²) in [6.07, 6.45) is 0. The standard InChI is InChI=1S/C7H8NO2S/c9-11(10)7-4-2-1-3-6(7)5-8-11/h1,3-4,8-10H,5H2.